The maximum atomic E-state index is 12.5. The Morgan fingerprint density at radius 2 is 1.76 bits per heavy atom. The number of fused-ring (bicyclic) bond motifs is 1. The monoisotopic (exact) mass is 519 g/mol. The molecular weight excluding hydrogens is 490 g/mol. The van der Waals surface area contributed by atoms with Gasteiger partial charge in [0.15, 0.2) is 10.2 Å². The second-order valence-electron chi connectivity index (χ2n) is 7.98. The van der Waals surface area contributed by atoms with Crippen molar-refractivity contribution in [1.82, 2.24) is 9.71 Å². The van der Waals surface area contributed by atoms with Gasteiger partial charge in [-0.15, -0.1) is 0 Å². The zero-order valence-electron chi connectivity index (χ0n) is 19.3. The number of aryl methyl sites for hydroxylation is 1. The summed E-state index contributed by atoms with van der Waals surface area (Å²) in [5.74, 6) is -0.361. The first-order valence-corrected chi connectivity index (χ1v) is 14.0. The van der Waals surface area contributed by atoms with Crippen molar-refractivity contribution in [2.45, 2.75) is 57.3 Å². The van der Waals surface area contributed by atoms with Crippen LogP contribution in [0.2, 0.25) is 0 Å². The van der Waals surface area contributed by atoms with Crippen molar-refractivity contribution in [3.8, 4) is 0 Å². The predicted molar refractivity (Wildman–Crippen MR) is 141 cm³/mol. The average molecular weight is 520 g/mol. The number of benzene rings is 2. The van der Waals surface area contributed by atoms with Gasteiger partial charge in [0.1, 0.15) is 0 Å². The van der Waals surface area contributed by atoms with E-state index in [-0.39, 0.29) is 16.0 Å². The molecule has 2 aromatic carbocycles. The van der Waals surface area contributed by atoms with Crippen LogP contribution in [0.1, 0.15) is 61.4 Å². The van der Waals surface area contributed by atoms with E-state index in [1.807, 2.05) is 6.92 Å². The Balaban J connectivity index is 1.55. The first-order chi connectivity index (χ1) is 16.3. The highest BCUT2D eigenvalue weighted by Crippen LogP contribution is 2.27. The topological polar surface area (TPSA) is 97.4 Å². The van der Waals surface area contributed by atoms with Crippen molar-refractivity contribution in [2.75, 3.05) is 11.9 Å². The molecule has 0 amide bonds. The molecule has 3 rings (SSSR count). The molecular formula is C24H29N3O4S3. The smallest absolute Gasteiger partial charge is 0.338 e. The number of anilines is 1. The zero-order chi connectivity index (χ0) is 24.6. The van der Waals surface area contributed by atoms with E-state index in [1.165, 1.54) is 42.7 Å². The molecule has 34 heavy (non-hydrogen) atoms. The minimum Gasteiger partial charge on any atom is -0.462 e. The van der Waals surface area contributed by atoms with Crippen LogP contribution in [0.25, 0.3) is 10.2 Å². The lowest BCUT2D eigenvalue weighted by Crippen LogP contribution is -2.34. The molecule has 7 nitrogen and oxygen atoms in total. The highest BCUT2D eigenvalue weighted by Gasteiger charge is 2.17. The van der Waals surface area contributed by atoms with Crippen LogP contribution in [0.3, 0.4) is 0 Å². The summed E-state index contributed by atoms with van der Waals surface area (Å²) in [6.45, 7) is 4.47. The van der Waals surface area contributed by atoms with Gasteiger partial charge in [-0.05, 0) is 55.9 Å². The average Bonchev–Trinajstić information content (AvgIpc) is 3.19. The van der Waals surface area contributed by atoms with Gasteiger partial charge in [-0.1, -0.05) is 68.1 Å². The number of carbonyl (C=O) groups excluding carboxylic acids is 1. The third kappa shape index (κ3) is 7.48. The quantitative estimate of drug-likeness (QED) is 0.188. The van der Waals surface area contributed by atoms with Crippen LogP contribution in [-0.4, -0.2) is 31.1 Å². The first kappa shape index (κ1) is 26.1. The van der Waals surface area contributed by atoms with Crippen LogP contribution in [0.15, 0.2) is 47.4 Å². The molecule has 1 heterocycles. The Labute approximate surface area is 210 Å². The summed E-state index contributed by atoms with van der Waals surface area (Å²) in [6.07, 6.45) is 6.76. The number of aromatic nitrogens is 1. The molecule has 0 fully saturated rings. The molecule has 0 aliphatic heterocycles. The molecule has 3 aromatic rings. The summed E-state index contributed by atoms with van der Waals surface area (Å²) in [6, 6.07) is 11.6. The van der Waals surface area contributed by atoms with E-state index in [9.17, 15) is 13.2 Å². The molecule has 0 atom stereocenters. The highest BCUT2D eigenvalue weighted by atomic mass is 32.2. The van der Waals surface area contributed by atoms with E-state index in [0.29, 0.717) is 22.8 Å². The Hall–Kier alpha value is -2.56. The number of ether oxygens (including phenoxy) is 1. The molecule has 0 saturated heterocycles. The fourth-order valence-corrected chi connectivity index (χ4v) is 5.56. The summed E-state index contributed by atoms with van der Waals surface area (Å²) < 4.78 is 33.5. The van der Waals surface area contributed by atoms with Gasteiger partial charge in [0.2, 0.25) is 0 Å². The highest BCUT2D eigenvalue weighted by molar-refractivity contribution is 7.92. The van der Waals surface area contributed by atoms with Crippen molar-refractivity contribution < 1.29 is 17.9 Å². The number of unbranched alkanes of at least 4 members (excludes halogenated alkanes) is 5. The number of nitrogens with one attached hydrogen (secondary N) is 2. The summed E-state index contributed by atoms with van der Waals surface area (Å²) in [4.78, 5) is 16.9. The van der Waals surface area contributed by atoms with E-state index in [0.717, 1.165) is 29.5 Å². The standard InChI is InChI=1S/C24H29N3O4S3/c1-3-4-5-6-7-8-15-31-22(28)18-11-14-20-21(16-18)33-24(25-20)26-23(32)27-34(29,30)19-12-9-17(2)10-13-19/h9-14,16H,3-8,15H2,1-2H3,(H2,25,26,27,32). The van der Waals surface area contributed by atoms with E-state index < -0.39 is 10.0 Å². The van der Waals surface area contributed by atoms with Crippen LogP contribution < -0.4 is 10.0 Å². The fraction of sp³-hybridized carbons (Fsp3) is 0.375. The molecule has 0 unspecified atom stereocenters. The van der Waals surface area contributed by atoms with Gasteiger partial charge in [-0.3, -0.25) is 4.72 Å². The van der Waals surface area contributed by atoms with Crippen molar-refractivity contribution in [1.29, 1.82) is 0 Å². The number of rotatable bonds is 11. The van der Waals surface area contributed by atoms with Gasteiger partial charge in [0, 0.05) is 0 Å². The van der Waals surface area contributed by atoms with E-state index >= 15 is 0 Å². The van der Waals surface area contributed by atoms with Crippen LogP contribution in [0.4, 0.5) is 5.13 Å². The SMILES string of the molecule is CCCCCCCCOC(=O)c1ccc2nc(NC(=S)NS(=O)(=O)c3ccc(C)cc3)sc2c1. The third-order valence-corrected chi connectivity index (χ3v) is 7.77. The number of hydrogen-bond donors (Lipinski definition) is 2. The van der Waals surface area contributed by atoms with Crippen molar-refractivity contribution >= 4 is 60.0 Å². The molecule has 2 N–H and O–H groups in total. The molecule has 0 spiro atoms. The molecule has 10 heteroatoms. The number of thiocarbonyl (C=S) groups is 1. The molecule has 182 valence electrons. The third-order valence-electron chi connectivity index (χ3n) is 5.13. The van der Waals surface area contributed by atoms with Crippen LogP contribution in [0, 0.1) is 6.92 Å². The van der Waals surface area contributed by atoms with Crippen molar-refractivity contribution in [3.05, 3.63) is 53.6 Å². The van der Waals surface area contributed by atoms with Gasteiger partial charge in [-0.25, -0.2) is 18.2 Å². The number of sulfonamides is 1. The van der Waals surface area contributed by atoms with Crippen molar-refractivity contribution in [3.63, 3.8) is 0 Å². The minimum absolute atomic E-state index is 0.0850. The second-order valence-corrected chi connectivity index (χ2v) is 11.1. The molecule has 0 saturated carbocycles. The fourth-order valence-electron chi connectivity index (χ4n) is 3.26. The number of carbonyl (C=O) groups is 1. The molecule has 0 aliphatic carbocycles. The van der Waals surface area contributed by atoms with Gasteiger partial charge in [0.25, 0.3) is 10.0 Å². The Morgan fingerprint density at radius 3 is 2.50 bits per heavy atom. The van der Waals surface area contributed by atoms with E-state index in [2.05, 4.69) is 21.9 Å². The van der Waals surface area contributed by atoms with Crippen molar-refractivity contribution in [2.24, 2.45) is 0 Å². The van der Waals surface area contributed by atoms with Gasteiger partial charge >= 0.3 is 5.97 Å². The molecule has 1 aromatic heterocycles. The Bertz CT molecular complexity index is 1240. The Kier molecular flexibility index (Phi) is 9.37. The lowest BCUT2D eigenvalue weighted by molar-refractivity contribution is 0.0498. The maximum Gasteiger partial charge on any atom is 0.338 e. The minimum atomic E-state index is -3.80. The first-order valence-electron chi connectivity index (χ1n) is 11.3. The summed E-state index contributed by atoms with van der Waals surface area (Å²) >= 11 is 6.43. The number of nitrogens with zero attached hydrogens (tertiary/aromatic N) is 1. The number of thiazole rings is 1. The number of esters is 1. The van der Waals surface area contributed by atoms with Crippen LogP contribution in [-0.2, 0) is 14.8 Å². The lowest BCUT2D eigenvalue weighted by atomic mass is 10.1. The van der Waals surface area contributed by atoms with E-state index in [1.54, 1.807) is 30.3 Å². The normalized spacial score (nSPS) is 11.4. The van der Waals surface area contributed by atoms with Crippen LogP contribution in [0.5, 0.6) is 0 Å². The van der Waals surface area contributed by atoms with Gasteiger partial charge in [-0.2, -0.15) is 0 Å². The largest absolute Gasteiger partial charge is 0.462 e. The Morgan fingerprint density at radius 1 is 1.06 bits per heavy atom. The summed E-state index contributed by atoms with van der Waals surface area (Å²) in [7, 11) is -3.80. The molecule has 0 radical (unpaired) electrons. The van der Waals surface area contributed by atoms with E-state index in [4.69, 9.17) is 17.0 Å². The van der Waals surface area contributed by atoms with Gasteiger partial charge in [0.05, 0.1) is 27.3 Å². The molecule has 0 bridgehead atoms. The van der Waals surface area contributed by atoms with Crippen LogP contribution >= 0.6 is 23.6 Å². The molecule has 0 aliphatic rings. The maximum absolute atomic E-state index is 12.5. The number of hydrogen-bond acceptors (Lipinski definition) is 7. The zero-order valence-corrected chi connectivity index (χ0v) is 21.7. The second kappa shape index (κ2) is 12.2. The summed E-state index contributed by atoms with van der Waals surface area (Å²) in [5.41, 5.74) is 2.08. The van der Waals surface area contributed by atoms with Gasteiger partial charge < -0.3 is 10.1 Å². The predicted octanol–water partition coefficient (Wildman–Crippen LogP) is 5.80. The lowest BCUT2D eigenvalue weighted by Gasteiger charge is -2.09. The summed E-state index contributed by atoms with van der Waals surface area (Å²) in [5, 5.41) is 3.15.